The summed E-state index contributed by atoms with van der Waals surface area (Å²) in [6.07, 6.45) is 6.35. The van der Waals surface area contributed by atoms with Gasteiger partial charge in [-0.2, -0.15) is 0 Å². The number of aromatic amines is 1. The number of hydrogen-bond donors (Lipinski definition) is 2. The summed E-state index contributed by atoms with van der Waals surface area (Å²) in [5, 5.41) is 4.19. The molecular weight excluding hydrogens is 450 g/mol. The van der Waals surface area contributed by atoms with E-state index in [0.29, 0.717) is 5.56 Å². The number of nitrogens with zero attached hydrogens (tertiary/aromatic N) is 3. The van der Waals surface area contributed by atoms with Crippen LogP contribution in [0.3, 0.4) is 0 Å². The largest absolute Gasteiger partial charge is 0.496 e. The zero-order valence-corrected chi connectivity index (χ0v) is 21.1. The van der Waals surface area contributed by atoms with Crippen LogP contribution in [0.15, 0.2) is 65.9 Å². The quantitative estimate of drug-likeness (QED) is 0.403. The third kappa shape index (κ3) is 4.62. The van der Waals surface area contributed by atoms with Crippen molar-refractivity contribution in [2.45, 2.75) is 25.4 Å². The molecule has 0 aliphatic carbocycles. The van der Waals surface area contributed by atoms with Crippen molar-refractivity contribution in [1.29, 1.82) is 0 Å². The highest BCUT2D eigenvalue weighted by molar-refractivity contribution is 6.05. The standard InChI is InChI=1S/C29H31N5O2/c1-18(17-34(2)3)32-29(35)20-9-7-19(8-10-20)27-26(36-4)12-11-23-28(27)22-14-24(31-16-25(22)33-23)21-6-5-13-30-15-21/h5-13,15-16,18,24,33H,14,17H2,1-4H3,(H,32,35). The predicted molar refractivity (Wildman–Crippen MR) is 144 cm³/mol. The number of aliphatic imine (C=N–C) groups is 1. The fraction of sp³-hybridized carbons (Fsp3) is 0.276. The number of hydrogen-bond acceptors (Lipinski definition) is 5. The van der Waals surface area contributed by atoms with Crippen LogP contribution in [0.25, 0.3) is 22.0 Å². The smallest absolute Gasteiger partial charge is 0.251 e. The highest BCUT2D eigenvalue weighted by atomic mass is 16.5. The number of likely N-dealkylation sites (N-methyl/N-ethyl adjacent to an activating group) is 1. The highest BCUT2D eigenvalue weighted by Crippen LogP contribution is 2.42. The molecule has 0 fully saturated rings. The van der Waals surface area contributed by atoms with Gasteiger partial charge in [0.25, 0.3) is 5.91 Å². The van der Waals surface area contributed by atoms with Gasteiger partial charge >= 0.3 is 0 Å². The zero-order chi connectivity index (χ0) is 25.2. The Morgan fingerprint density at radius 1 is 1.19 bits per heavy atom. The first kappa shape index (κ1) is 23.8. The topological polar surface area (TPSA) is 82.6 Å². The molecule has 0 bridgehead atoms. The summed E-state index contributed by atoms with van der Waals surface area (Å²) in [6.45, 7) is 2.79. The highest BCUT2D eigenvalue weighted by Gasteiger charge is 2.25. The van der Waals surface area contributed by atoms with E-state index in [1.807, 2.05) is 69.8 Å². The van der Waals surface area contributed by atoms with Crippen LogP contribution >= 0.6 is 0 Å². The van der Waals surface area contributed by atoms with E-state index >= 15 is 0 Å². The van der Waals surface area contributed by atoms with Crippen LogP contribution in [0.1, 0.15) is 40.1 Å². The van der Waals surface area contributed by atoms with Crippen molar-refractivity contribution < 1.29 is 9.53 Å². The molecule has 1 amide bonds. The Balaban J connectivity index is 1.51. The van der Waals surface area contributed by atoms with Gasteiger partial charge in [-0.3, -0.25) is 14.8 Å². The van der Waals surface area contributed by atoms with Gasteiger partial charge in [-0.25, -0.2) is 0 Å². The van der Waals surface area contributed by atoms with Crippen LogP contribution in [0.4, 0.5) is 0 Å². The maximum absolute atomic E-state index is 12.8. The lowest BCUT2D eigenvalue weighted by molar-refractivity contribution is 0.0934. The van der Waals surface area contributed by atoms with Crippen LogP contribution < -0.4 is 10.1 Å². The summed E-state index contributed by atoms with van der Waals surface area (Å²) in [4.78, 5) is 27.4. The van der Waals surface area contributed by atoms with Crippen molar-refractivity contribution in [1.82, 2.24) is 20.2 Å². The second-order valence-corrected chi connectivity index (χ2v) is 9.58. The van der Waals surface area contributed by atoms with Crippen molar-refractivity contribution >= 4 is 23.0 Å². The molecule has 2 unspecified atom stereocenters. The molecule has 0 radical (unpaired) electrons. The molecule has 2 atom stereocenters. The van der Waals surface area contributed by atoms with Crippen molar-refractivity contribution in [3.63, 3.8) is 0 Å². The van der Waals surface area contributed by atoms with Gasteiger partial charge in [-0.05, 0) is 68.0 Å². The maximum Gasteiger partial charge on any atom is 0.251 e. The number of ether oxygens (including phenoxy) is 1. The van der Waals surface area contributed by atoms with Crippen molar-refractivity contribution in [3.8, 4) is 16.9 Å². The number of carbonyl (C=O) groups is 1. The summed E-state index contributed by atoms with van der Waals surface area (Å²) in [5.74, 6) is 0.720. The van der Waals surface area contributed by atoms with Gasteiger partial charge in [0, 0.05) is 59.6 Å². The summed E-state index contributed by atoms with van der Waals surface area (Å²) in [7, 11) is 5.68. The van der Waals surface area contributed by atoms with Gasteiger partial charge in [0.15, 0.2) is 0 Å². The maximum atomic E-state index is 12.8. The third-order valence-corrected chi connectivity index (χ3v) is 6.59. The van der Waals surface area contributed by atoms with Crippen LogP contribution in [-0.2, 0) is 6.42 Å². The second-order valence-electron chi connectivity index (χ2n) is 9.58. The van der Waals surface area contributed by atoms with Gasteiger partial charge in [0.05, 0.1) is 18.8 Å². The monoisotopic (exact) mass is 481 g/mol. The number of benzene rings is 2. The summed E-state index contributed by atoms with van der Waals surface area (Å²) in [6, 6.07) is 15.9. The van der Waals surface area contributed by atoms with Crippen LogP contribution in [0.5, 0.6) is 5.75 Å². The first-order valence-corrected chi connectivity index (χ1v) is 12.1. The van der Waals surface area contributed by atoms with Crippen molar-refractivity contribution in [2.75, 3.05) is 27.7 Å². The number of methoxy groups -OCH3 is 1. The van der Waals surface area contributed by atoms with Crippen LogP contribution in [-0.4, -0.2) is 60.8 Å². The van der Waals surface area contributed by atoms with E-state index in [4.69, 9.17) is 9.73 Å². The molecule has 0 saturated carbocycles. The summed E-state index contributed by atoms with van der Waals surface area (Å²) < 4.78 is 5.81. The van der Waals surface area contributed by atoms with E-state index in [1.54, 1.807) is 13.3 Å². The van der Waals surface area contributed by atoms with E-state index in [9.17, 15) is 4.79 Å². The normalized spacial score (nSPS) is 15.6. The average molecular weight is 482 g/mol. The predicted octanol–water partition coefficient (Wildman–Crippen LogP) is 4.63. The Bertz CT molecular complexity index is 1410. The number of H-pyrrole nitrogens is 1. The number of carbonyl (C=O) groups excluding carboxylic acids is 1. The minimum Gasteiger partial charge on any atom is -0.496 e. The molecule has 0 spiro atoms. The molecule has 0 saturated heterocycles. The minimum atomic E-state index is -0.0735. The average Bonchev–Trinajstić information content (AvgIpc) is 3.26. The number of pyridine rings is 1. The Kier molecular flexibility index (Phi) is 6.57. The first-order chi connectivity index (χ1) is 17.4. The molecule has 7 heteroatoms. The Morgan fingerprint density at radius 2 is 2.00 bits per heavy atom. The molecule has 4 aromatic rings. The molecule has 3 heterocycles. The van der Waals surface area contributed by atoms with Crippen LogP contribution in [0.2, 0.25) is 0 Å². The SMILES string of the molecule is COc1ccc2[nH]c3c(c2c1-c1ccc(C(=O)NC(C)CN(C)C)cc1)CC(c1cccnc1)N=C3. The van der Waals surface area contributed by atoms with E-state index in [1.165, 1.54) is 5.56 Å². The van der Waals surface area contributed by atoms with E-state index in [-0.39, 0.29) is 18.0 Å². The third-order valence-electron chi connectivity index (χ3n) is 6.59. The number of aromatic nitrogens is 2. The fourth-order valence-corrected chi connectivity index (χ4v) is 5.01. The molecule has 1 aliphatic heterocycles. The number of nitrogens with one attached hydrogen (secondary N) is 2. The van der Waals surface area contributed by atoms with Gasteiger partial charge in [0.1, 0.15) is 5.75 Å². The van der Waals surface area contributed by atoms with Gasteiger partial charge in [-0.1, -0.05) is 18.2 Å². The van der Waals surface area contributed by atoms with Crippen molar-refractivity contribution in [2.24, 2.45) is 4.99 Å². The molecule has 2 N–H and O–H groups in total. The van der Waals surface area contributed by atoms with Gasteiger partial charge < -0.3 is 19.9 Å². The number of fused-ring (bicyclic) bond motifs is 3. The van der Waals surface area contributed by atoms with Gasteiger partial charge in [-0.15, -0.1) is 0 Å². The number of amides is 1. The Morgan fingerprint density at radius 3 is 2.69 bits per heavy atom. The van der Waals surface area contributed by atoms with Crippen LogP contribution in [0, 0.1) is 0 Å². The lowest BCUT2D eigenvalue weighted by atomic mass is 9.91. The molecule has 36 heavy (non-hydrogen) atoms. The molecule has 1 aliphatic rings. The lowest BCUT2D eigenvalue weighted by Gasteiger charge is -2.19. The van der Waals surface area contributed by atoms with Crippen molar-refractivity contribution in [3.05, 3.63) is 83.3 Å². The first-order valence-electron chi connectivity index (χ1n) is 12.1. The zero-order valence-electron chi connectivity index (χ0n) is 21.1. The molecule has 184 valence electrons. The Labute approximate surface area is 211 Å². The molecular formula is C29H31N5O2. The van der Waals surface area contributed by atoms with E-state index in [2.05, 4.69) is 32.3 Å². The van der Waals surface area contributed by atoms with E-state index in [0.717, 1.165) is 52.0 Å². The summed E-state index contributed by atoms with van der Waals surface area (Å²) >= 11 is 0. The number of rotatable bonds is 7. The van der Waals surface area contributed by atoms with Gasteiger partial charge in [0.2, 0.25) is 0 Å². The minimum absolute atomic E-state index is 0.0134. The lowest BCUT2D eigenvalue weighted by Crippen LogP contribution is -2.39. The second kappa shape index (κ2) is 9.95. The Hall–Kier alpha value is -3.97. The molecule has 2 aromatic carbocycles. The fourth-order valence-electron chi connectivity index (χ4n) is 5.01. The molecule has 5 rings (SSSR count). The molecule has 7 nitrogen and oxygen atoms in total. The van der Waals surface area contributed by atoms with E-state index < -0.39 is 0 Å². The molecule has 2 aromatic heterocycles. The summed E-state index contributed by atoms with van der Waals surface area (Å²) in [5.41, 5.74) is 7.01.